The highest BCUT2D eigenvalue weighted by molar-refractivity contribution is 9.10. The van der Waals surface area contributed by atoms with Crippen LogP contribution < -0.4 is 0 Å². The van der Waals surface area contributed by atoms with Crippen LogP contribution in [0.15, 0.2) is 17.3 Å². The molecule has 0 aliphatic rings. The third-order valence-corrected chi connectivity index (χ3v) is 1.85. The van der Waals surface area contributed by atoms with Crippen LogP contribution >= 0.6 is 15.9 Å². The van der Waals surface area contributed by atoms with Gasteiger partial charge in [-0.3, -0.25) is 4.68 Å². The number of rotatable bonds is 2. The molecule has 3 nitrogen and oxygen atoms in total. The molecule has 0 radical (unpaired) electrons. The first-order valence-electron chi connectivity index (χ1n) is 2.90. The van der Waals surface area contributed by atoms with E-state index in [0.717, 1.165) is 16.7 Å². The Hall–Kier alpha value is -0.640. The lowest BCUT2D eigenvalue weighted by Crippen LogP contribution is -1.96. The summed E-state index contributed by atoms with van der Waals surface area (Å²) in [6.07, 6.45) is 2.62. The Kier molecular flexibility index (Phi) is 2.21. The van der Waals surface area contributed by atoms with E-state index in [2.05, 4.69) is 32.8 Å². The van der Waals surface area contributed by atoms with Crippen LogP contribution in [0.1, 0.15) is 5.69 Å². The molecule has 1 heterocycles. The normalized spacial score (nSPS) is 9.80. The van der Waals surface area contributed by atoms with Gasteiger partial charge in [0.05, 0.1) is 5.69 Å². The minimum absolute atomic E-state index is 0.796. The average molecular weight is 202 g/mol. The zero-order valence-corrected chi connectivity index (χ0v) is 7.30. The Morgan fingerprint density at radius 1 is 1.80 bits per heavy atom. The van der Waals surface area contributed by atoms with Crippen molar-refractivity contribution >= 4 is 15.9 Å². The summed E-state index contributed by atoms with van der Waals surface area (Å²) in [6, 6.07) is 0. The van der Waals surface area contributed by atoms with Crippen LogP contribution in [0.3, 0.4) is 0 Å². The standard InChI is InChI=1S/C6H8BrN3/c1-3-4-5-6(7)8-9-10(5)2/h3H,1,4H2,2H3. The number of aromatic nitrogens is 3. The second kappa shape index (κ2) is 2.96. The van der Waals surface area contributed by atoms with Gasteiger partial charge in [-0.05, 0) is 15.9 Å². The second-order valence-corrected chi connectivity index (χ2v) is 2.69. The lowest BCUT2D eigenvalue weighted by atomic mass is 10.3. The fourth-order valence-electron chi connectivity index (χ4n) is 0.705. The Balaban J connectivity index is 2.97. The van der Waals surface area contributed by atoms with Crippen LogP contribution in [-0.2, 0) is 13.5 Å². The first-order valence-corrected chi connectivity index (χ1v) is 3.70. The summed E-state index contributed by atoms with van der Waals surface area (Å²) in [6.45, 7) is 3.63. The number of hydrogen-bond acceptors (Lipinski definition) is 2. The van der Waals surface area contributed by atoms with Crippen LogP contribution in [0.2, 0.25) is 0 Å². The molecule has 0 aliphatic carbocycles. The summed E-state index contributed by atoms with van der Waals surface area (Å²) in [5.74, 6) is 0. The summed E-state index contributed by atoms with van der Waals surface area (Å²) >= 11 is 3.28. The average Bonchev–Trinajstić information content (AvgIpc) is 2.20. The predicted molar refractivity (Wildman–Crippen MR) is 42.6 cm³/mol. The zero-order chi connectivity index (χ0) is 7.56. The summed E-state index contributed by atoms with van der Waals surface area (Å²) < 4.78 is 2.53. The van der Waals surface area contributed by atoms with E-state index >= 15 is 0 Å². The first-order chi connectivity index (χ1) is 4.75. The number of aryl methyl sites for hydroxylation is 1. The minimum Gasteiger partial charge on any atom is -0.251 e. The highest BCUT2D eigenvalue weighted by atomic mass is 79.9. The third kappa shape index (κ3) is 1.26. The summed E-state index contributed by atoms with van der Waals surface area (Å²) in [4.78, 5) is 0. The summed E-state index contributed by atoms with van der Waals surface area (Å²) in [7, 11) is 1.86. The van der Waals surface area contributed by atoms with Crippen molar-refractivity contribution in [3.8, 4) is 0 Å². The van der Waals surface area contributed by atoms with Crippen molar-refractivity contribution in [1.29, 1.82) is 0 Å². The van der Waals surface area contributed by atoms with Crippen LogP contribution in [0, 0.1) is 0 Å². The highest BCUT2D eigenvalue weighted by Gasteiger charge is 2.03. The summed E-state index contributed by atoms with van der Waals surface area (Å²) in [5, 5.41) is 7.62. The molecule has 0 atom stereocenters. The van der Waals surface area contributed by atoms with Gasteiger partial charge in [0.15, 0.2) is 4.60 Å². The van der Waals surface area contributed by atoms with E-state index in [1.807, 2.05) is 13.1 Å². The van der Waals surface area contributed by atoms with Crippen molar-refractivity contribution in [3.63, 3.8) is 0 Å². The molecule has 0 N–H and O–H groups in total. The molecule has 0 aliphatic heterocycles. The third-order valence-electron chi connectivity index (χ3n) is 1.23. The van der Waals surface area contributed by atoms with Gasteiger partial charge >= 0.3 is 0 Å². The van der Waals surface area contributed by atoms with Crippen molar-refractivity contribution in [3.05, 3.63) is 23.0 Å². The molecule has 10 heavy (non-hydrogen) atoms. The molecule has 0 spiro atoms. The lowest BCUT2D eigenvalue weighted by molar-refractivity contribution is 0.688. The van der Waals surface area contributed by atoms with E-state index in [9.17, 15) is 0 Å². The van der Waals surface area contributed by atoms with Gasteiger partial charge in [0.2, 0.25) is 0 Å². The molecule has 1 aromatic rings. The number of nitrogens with zero attached hydrogens (tertiary/aromatic N) is 3. The molecule has 0 aromatic carbocycles. The molecule has 1 aromatic heterocycles. The number of allylic oxidation sites excluding steroid dienone is 1. The molecular weight excluding hydrogens is 194 g/mol. The SMILES string of the molecule is C=CCc1c(Br)nnn1C. The minimum atomic E-state index is 0.796. The van der Waals surface area contributed by atoms with E-state index in [1.165, 1.54) is 0 Å². The van der Waals surface area contributed by atoms with E-state index in [4.69, 9.17) is 0 Å². The van der Waals surface area contributed by atoms with Gasteiger partial charge in [0.1, 0.15) is 0 Å². The maximum atomic E-state index is 3.82. The van der Waals surface area contributed by atoms with E-state index in [0.29, 0.717) is 0 Å². The fourth-order valence-corrected chi connectivity index (χ4v) is 1.19. The molecule has 0 bridgehead atoms. The molecule has 0 fully saturated rings. The Morgan fingerprint density at radius 2 is 2.50 bits per heavy atom. The molecule has 0 saturated heterocycles. The van der Waals surface area contributed by atoms with Gasteiger partial charge in [-0.25, -0.2) is 0 Å². The lowest BCUT2D eigenvalue weighted by Gasteiger charge is -1.93. The molecule has 54 valence electrons. The van der Waals surface area contributed by atoms with Gasteiger partial charge in [-0.15, -0.1) is 11.7 Å². The Bertz CT molecular complexity index is 222. The Morgan fingerprint density at radius 3 is 2.90 bits per heavy atom. The van der Waals surface area contributed by atoms with Crippen molar-refractivity contribution in [2.24, 2.45) is 7.05 Å². The van der Waals surface area contributed by atoms with Crippen LogP contribution in [-0.4, -0.2) is 15.0 Å². The Labute approximate surface area is 67.9 Å². The van der Waals surface area contributed by atoms with Crippen molar-refractivity contribution in [1.82, 2.24) is 15.0 Å². The highest BCUT2D eigenvalue weighted by Crippen LogP contribution is 2.11. The maximum Gasteiger partial charge on any atom is 0.151 e. The van der Waals surface area contributed by atoms with E-state index in [-0.39, 0.29) is 0 Å². The van der Waals surface area contributed by atoms with E-state index in [1.54, 1.807) is 4.68 Å². The van der Waals surface area contributed by atoms with Gasteiger partial charge < -0.3 is 0 Å². The molecule has 1 rings (SSSR count). The number of hydrogen-bond donors (Lipinski definition) is 0. The monoisotopic (exact) mass is 201 g/mol. The molecule has 0 unspecified atom stereocenters. The molecular formula is C6H8BrN3. The fraction of sp³-hybridized carbons (Fsp3) is 0.333. The van der Waals surface area contributed by atoms with Crippen molar-refractivity contribution in [2.45, 2.75) is 6.42 Å². The topological polar surface area (TPSA) is 30.7 Å². The van der Waals surface area contributed by atoms with Gasteiger partial charge in [0.25, 0.3) is 0 Å². The van der Waals surface area contributed by atoms with Crippen LogP contribution in [0.25, 0.3) is 0 Å². The first kappa shape index (κ1) is 7.47. The quantitative estimate of drug-likeness (QED) is 0.677. The largest absolute Gasteiger partial charge is 0.251 e. The van der Waals surface area contributed by atoms with E-state index < -0.39 is 0 Å². The van der Waals surface area contributed by atoms with Gasteiger partial charge in [-0.2, -0.15) is 0 Å². The van der Waals surface area contributed by atoms with Crippen molar-refractivity contribution < 1.29 is 0 Å². The van der Waals surface area contributed by atoms with Crippen molar-refractivity contribution in [2.75, 3.05) is 0 Å². The zero-order valence-electron chi connectivity index (χ0n) is 5.71. The predicted octanol–water partition coefficient (Wildman–Crippen LogP) is 1.31. The summed E-state index contributed by atoms with van der Waals surface area (Å²) in [5.41, 5.74) is 1.05. The second-order valence-electron chi connectivity index (χ2n) is 1.94. The number of halogens is 1. The smallest absolute Gasteiger partial charge is 0.151 e. The molecule has 0 saturated carbocycles. The van der Waals surface area contributed by atoms with Crippen LogP contribution in [0.4, 0.5) is 0 Å². The van der Waals surface area contributed by atoms with Gasteiger partial charge in [-0.1, -0.05) is 11.3 Å². The maximum absolute atomic E-state index is 3.82. The molecule has 0 amide bonds. The van der Waals surface area contributed by atoms with Crippen LogP contribution in [0.5, 0.6) is 0 Å². The van der Waals surface area contributed by atoms with Gasteiger partial charge in [0, 0.05) is 13.5 Å². The molecule has 4 heteroatoms.